The lowest BCUT2D eigenvalue weighted by atomic mass is 10.0. The van der Waals surface area contributed by atoms with E-state index in [0.29, 0.717) is 10.7 Å². The second kappa shape index (κ2) is 4.39. The van der Waals surface area contributed by atoms with Gasteiger partial charge in [0.25, 0.3) is 0 Å². The van der Waals surface area contributed by atoms with Crippen molar-refractivity contribution >= 4 is 23.0 Å². The van der Waals surface area contributed by atoms with Crippen molar-refractivity contribution in [1.82, 2.24) is 0 Å². The van der Waals surface area contributed by atoms with Gasteiger partial charge >= 0.3 is 0 Å². The van der Waals surface area contributed by atoms with E-state index < -0.39 is 0 Å². The van der Waals surface area contributed by atoms with E-state index in [1.54, 1.807) is 0 Å². The van der Waals surface area contributed by atoms with Crippen molar-refractivity contribution in [3.63, 3.8) is 0 Å². The van der Waals surface area contributed by atoms with Gasteiger partial charge in [0.2, 0.25) is 0 Å². The fraction of sp³-hybridized carbons (Fsp3) is 0.538. The molecule has 0 aliphatic carbocycles. The number of nitrogens with zero attached hydrogens (tertiary/aromatic N) is 1. The van der Waals surface area contributed by atoms with Gasteiger partial charge in [-0.3, -0.25) is 0 Å². The molecule has 1 aromatic carbocycles. The zero-order valence-electron chi connectivity index (χ0n) is 10.5. The molecular formula is C13H19ClN2O. The van der Waals surface area contributed by atoms with E-state index in [1.165, 1.54) is 0 Å². The summed E-state index contributed by atoms with van der Waals surface area (Å²) in [7, 11) is 0. The molecule has 1 heterocycles. The van der Waals surface area contributed by atoms with Crippen LogP contribution in [0, 0.1) is 0 Å². The summed E-state index contributed by atoms with van der Waals surface area (Å²) in [5.74, 6) is 0. The Balaban J connectivity index is 2.30. The first kappa shape index (κ1) is 12.5. The minimum atomic E-state index is -0.160. The van der Waals surface area contributed by atoms with Crippen LogP contribution in [-0.4, -0.2) is 24.8 Å². The number of morpholine rings is 1. The van der Waals surface area contributed by atoms with Gasteiger partial charge in [0, 0.05) is 13.1 Å². The summed E-state index contributed by atoms with van der Waals surface area (Å²) in [6.45, 7) is 7.93. The van der Waals surface area contributed by atoms with Gasteiger partial charge in [-0.2, -0.15) is 0 Å². The molecule has 1 saturated heterocycles. The van der Waals surface area contributed by atoms with Crippen LogP contribution in [0.4, 0.5) is 11.4 Å². The van der Waals surface area contributed by atoms with E-state index in [4.69, 9.17) is 22.1 Å². The summed E-state index contributed by atoms with van der Waals surface area (Å²) in [4.78, 5) is 2.25. The van der Waals surface area contributed by atoms with Crippen molar-refractivity contribution in [2.24, 2.45) is 0 Å². The SMILES string of the molecule is CC1CN(c2cccc(Cl)c2N)CC(C)(C)O1. The molecule has 1 aliphatic rings. The molecule has 2 rings (SSSR count). The van der Waals surface area contributed by atoms with E-state index >= 15 is 0 Å². The molecule has 0 aromatic heterocycles. The third kappa shape index (κ3) is 2.67. The highest BCUT2D eigenvalue weighted by Gasteiger charge is 2.32. The van der Waals surface area contributed by atoms with Crippen molar-refractivity contribution < 1.29 is 4.74 Å². The standard InChI is InChI=1S/C13H19ClN2O/c1-9-7-16(8-13(2,3)17-9)11-6-4-5-10(14)12(11)15/h4-6,9H,7-8,15H2,1-3H3. The van der Waals surface area contributed by atoms with Crippen molar-refractivity contribution in [3.05, 3.63) is 23.2 Å². The summed E-state index contributed by atoms with van der Waals surface area (Å²) in [6.07, 6.45) is 0.192. The second-order valence-corrected chi connectivity index (χ2v) is 5.65. The van der Waals surface area contributed by atoms with Crippen LogP contribution in [0.2, 0.25) is 5.02 Å². The predicted octanol–water partition coefficient (Wildman–Crippen LogP) is 2.93. The molecule has 2 N–H and O–H groups in total. The van der Waals surface area contributed by atoms with E-state index in [0.717, 1.165) is 18.8 Å². The summed E-state index contributed by atoms with van der Waals surface area (Å²) >= 11 is 6.06. The molecule has 3 nitrogen and oxygen atoms in total. The smallest absolute Gasteiger partial charge is 0.0805 e. The fourth-order valence-corrected chi connectivity index (χ4v) is 2.61. The highest BCUT2D eigenvalue weighted by atomic mass is 35.5. The molecule has 0 amide bonds. The number of nitrogens with two attached hydrogens (primary N) is 1. The van der Waals surface area contributed by atoms with Gasteiger partial charge in [0.1, 0.15) is 0 Å². The molecule has 4 heteroatoms. The Morgan fingerprint density at radius 1 is 1.47 bits per heavy atom. The number of nitrogen functional groups attached to an aromatic ring is 1. The number of ether oxygens (including phenoxy) is 1. The van der Waals surface area contributed by atoms with Gasteiger partial charge in [-0.1, -0.05) is 17.7 Å². The third-order valence-corrected chi connectivity index (χ3v) is 3.27. The fourth-order valence-electron chi connectivity index (χ4n) is 2.44. The van der Waals surface area contributed by atoms with Crippen molar-refractivity contribution in [1.29, 1.82) is 0 Å². The number of halogens is 1. The minimum absolute atomic E-state index is 0.160. The maximum absolute atomic E-state index is 6.06. The summed E-state index contributed by atoms with van der Waals surface area (Å²) in [5, 5.41) is 0.611. The number of para-hydroxylation sites is 1. The molecule has 1 atom stereocenters. The molecule has 0 radical (unpaired) electrons. The van der Waals surface area contributed by atoms with Crippen LogP contribution in [0.1, 0.15) is 20.8 Å². The van der Waals surface area contributed by atoms with Crippen LogP contribution < -0.4 is 10.6 Å². The Labute approximate surface area is 107 Å². The van der Waals surface area contributed by atoms with Crippen LogP contribution >= 0.6 is 11.6 Å². The van der Waals surface area contributed by atoms with Crippen molar-refractivity contribution in [2.75, 3.05) is 23.7 Å². The van der Waals surface area contributed by atoms with Crippen LogP contribution in [-0.2, 0) is 4.74 Å². The predicted molar refractivity (Wildman–Crippen MR) is 72.7 cm³/mol. The Morgan fingerprint density at radius 3 is 2.82 bits per heavy atom. The van der Waals surface area contributed by atoms with Crippen molar-refractivity contribution in [2.45, 2.75) is 32.5 Å². The number of benzene rings is 1. The average molecular weight is 255 g/mol. The van der Waals surface area contributed by atoms with E-state index in [1.807, 2.05) is 18.2 Å². The first-order valence-electron chi connectivity index (χ1n) is 5.86. The van der Waals surface area contributed by atoms with Crippen LogP contribution in [0.25, 0.3) is 0 Å². The molecule has 0 bridgehead atoms. The minimum Gasteiger partial charge on any atom is -0.396 e. The number of hydrogen-bond acceptors (Lipinski definition) is 3. The zero-order valence-corrected chi connectivity index (χ0v) is 11.3. The lowest BCUT2D eigenvalue weighted by molar-refractivity contribution is -0.0749. The highest BCUT2D eigenvalue weighted by Crippen LogP contribution is 2.33. The number of anilines is 2. The van der Waals surface area contributed by atoms with E-state index in [2.05, 4.69) is 25.7 Å². The summed E-state index contributed by atoms with van der Waals surface area (Å²) in [5.41, 5.74) is 7.53. The Kier molecular flexibility index (Phi) is 3.23. The average Bonchev–Trinajstić information content (AvgIpc) is 2.19. The second-order valence-electron chi connectivity index (χ2n) is 5.24. The lowest BCUT2D eigenvalue weighted by Gasteiger charge is -2.43. The molecular weight excluding hydrogens is 236 g/mol. The van der Waals surface area contributed by atoms with Gasteiger partial charge in [-0.05, 0) is 32.9 Å². The monoisotopic (exact) mass is 254 g/mol. The quantitative estimate of drug-likeness (QED) is 0.784. The van der Waals surface area contributed by atoms with Gasteiger partial charge < -0.3 is 15.4 Å². The van der Waals surface area contributed by atoms with Crippen LogP contribution in [0.15, 0.2) is 18.2 Å². The maximum atomic E-state index is 6.06. The highest BCUT2D eigenvalue weighted by molar-refractivity contribution is 6.33. The van der Waals surface area contributed by atoms with Gasteiger partial charge in [-0.15, -0.1) is 0 Å². The van der Waals surface area contributed by atoms with E-state index in [9.17, 15) is 0 Å². The first-order chi connectivity index (χ1) is 7.89. The Morgan fingerprint density at radius 2 is 2.18 bits per heavy atom. The van der Waals surface area contributed by atoms with E-state index in [-0.39, 0.29) is 11.7 Å². The lowest BCUT2D eigenvalue weighted by Crippen LogP contribution is -2.52. The molecule has 17 heavy (non-hydrogen) atoms. The third-order valence-electron chi connectivity index (χ3n) is 2.94. The summed E-state index contributed by atoms with van der Waals surface area (Å²) < 4.78 is 5.88. The largest absolute Gasteiger partial charge is 0.396 e. The molecule has 1 aromatic rings. The zero-order chi connectivity index (χ0) is 12.6. The molecule has 0 saturated carbocycles. The molecule has 1 fully saturated rings. The van der Waals surface area contributed by atoms with Gasteiger partial charge in [-0.25, -0.2) is 0 Å². The number of rotatable bonds is 1. The molecule has 94 valence electrons. The Hall–Kier alpha value is -0.930. The van der Waals surface area contributed by atoms with Crippen LogP contribution in [0.5, 0.6) is 0 Å². The molecule has 0 spiro atoms. The topological polar surface area (TPSA) is 38.5 Å². The van der Waals surface area contributed by atoms with Gasteiger partial charge in [0.15, 0.2) is 0 Å². The van der Waals surface area contributed by atoms with Gasteiger partial charge in [0.05, 0.1) is 28.1 Å². The molecule has 1 aliphatic heterocycles. The van der Waals surface area contributed by atoms with Crippen molar-refractivity contribution in [3.8, 4) is 0 Å². The molecule has 1 unspecified atom stereocenters. The first-order valence-corrected chi connectivity index (χ1v) is 6.23. The normalized spacial score (nSPS) is 23.8. The van der Waals surface area contributed by atoms with Crippen LogP contribution in [0.3, 0.4) is 0 Å². The Bertz CT molecular complexity index is 420. The maximum Gasteiger partial charge on any atom is 0.0805 e. The summed E-state index contributed by atoms with van der Waals surface area (Å²) in [6, 6.07) is 5.76. The number of hydrogen-bond donors (Lipinski definition) is 1.